The summed E-state index contributed by atoms with van der Waals surface area (Å²) in [6.07, 6.45) is 3.18. The van der Waals surface area contributed by atoms with Crippen molar-refractivity contribution in [1.82, 2.24) is 4.90 Å². The van der Waals surface area contributed by atoms with Gasteiger partial charge in [0, 0.05) is 37.4 Å². The van der Waals surface area contributed by atoms with Gasteiger partial charge in [-0.15, -0.1) is 0 Å². The van der Waals surface area contributed by atoms with E-state index in [0.717, 1.165) is 30.5 Å². The fraction of sp³-hybridized carbons (Fsp3) is 0.321. The Kier molecular flexibility index (Phi) is 8.21. The third kappa shape index (κ3) is 6.02. The minimum atomic E-state index is -3.84. The normalized spacial score (nSPS) is 14.1. The average Bonchev–Trinajstić information content (AvgIpc) is 2.88. The number of amides is 1. The van der Waals surface area contributed by atoms with Crippen molar-refractivity contribution in [3.05, 3.63) is 88.4 Å². The van der Waals surface area contributed by atoms with Crippen LogP contribution in [0.4, 0.5) is 11.4 Å². The van der Waals surface area contributed by atoms with Crippen LogP contribution in [0.25, 0.3) is 0 Å². The van der Waals surface area contributed by atoms with Crippen molar-refractivity contribution in [3.8, 4) is 0 Å². The second-order valence-corrected chi connectivity index (χ2v) is 11.2. The fourth-order valence-corrected chi connectivity index (χ4v) is 5.70. The van der Waals surface area contributed by atoms with E-state index >= 15 is 0 Å². The molecule has 1 fully saturated rings. The molecule has 0 radical (unpaired) electrons. The van der Waals surface area contributed by atoms with E-state index in [1.54, 1.807) is 29.2 Å². The van der Waals surface area contributed by atoms with Crippen molar-refractivity contribution in [2.75, 3.05) is 35.8 Å². The Morgan fingerprint density at radius 1 is 0.972 bits per heavy atom. The summed E-state index contributed by atoms with van der Waals surface area (Å²) in [7, 11) is -3.84. The number of halogens is 1. The molecule has 0 saturated carbocycles. The third-order valence-electron chi connectivity index (χ3n) is 6.53. The number of unbranched alkanes of at least 4 members (excludes halogenated alkanes) is 1. The molecule has 0 unspecified atom stereocenters. The third-order valence-corrected chi connectivity index (χ3v) is 8.23. The van der Waals surface area contributed by atoms with Crippen LogP contribution in [0.15, 0.2) is 71.6 Å². The van der Waals surface area contributed by atoms with Crippen molar-refractivity contribution in [1.29, 1.82) is 0 Å². The molecule has 36 heavy (non-hydrogen) atoms. The first-order valence-electron chi connectivity index (χ1n) is 12.3. The first-order valence-corrected chi connectivity index (χ1v) is 14.2. The van der Waals surface area contributed by atoms with E-state index in [2.05, 4.69) is 16.5 Å². The van der Waals surface area contributed by atoms with Crippen LogP contribution >= 0.6 is 11.6 Å². The van der Waals surface area contributed by atoms with Crippen LogP contribution in [-0.4, -0.2) is 45.4 Å². The lowest BCUT2D eigenvalue weighted by Crippen LogP contribution is -2.49. The van der Waals surface area contributed by atoms with Crippen LogP contribution in [0.2, 0.25) is 5.02 Å². The molecule has 8 heteroatoms. The predicted octanol–water partition coefficient (Wildman–Crippen LogP) is 5.75. The number of carbonyl (C=O) groups excluding carboxylic acids is 1. The number of hydrogen-bond acceptors (Lipinski definition) is 4. The van der Waals surface area contributed by atoms with E-state index in [0.29, 0.717) is 42.5 Å². The molecule has 0 bridgehead atoms. The number of para-hydroxylation sites is 1. The van der Waals surface area contributed by atoms with Gasteiger partial charge in [-0.3, -0.25) is 9.52 Å². The molecule has 1 aliphatic rings. The number of hydrogen-bond donors (Lipinski definition) is 1. The molecule has 1 amide bonds. The molecule has 1 heterocycles. The predicted molar refractivity (Wildman–Crippen MR) is 147 cm³/mol. The van der Waals surface area contributed by atoms with Crippen LogP contribution in [0.3, 0.4) is 0 Å². The van der Waals surface area contributed by atoms with Gasteiger partial charge in [0.2, 0.25) is 0 Å². The quantitative estimate of drug-likeness (QED) is 0.406. The van der Waals surface area contributed by atoms with Crippen molar-refractivity contribution < 1.29 is 13.2 Å². The maximum atomic E-state index is 13.4. The standard InChI is InChI=1S/C28H32ClN3O3S/c1-3-4-7-22-11-13-23(14-12-22)30-36(34,35)24-15-10-21(2)25(20-24)28(33)32-18-16-31(17-19-32)27-9-6-5-8-26(27)29/h5-6,8-15,20,30H,3-4,7,16-19H2,1-2H3. The minimum absolute atomic E-state index is 0.0706. The number of sulfonamides is 1. The van der Waals surface area contributed by atoms with Gasteiger partial charge in [-0.1, -0.05) is 55.3 Å². The topological polar surface area (TPSA) is 69.7 Å². The molecular formula is C28H32ClN3O3S. The lowest BCUT2D eigenvalue weighted by molar-refractivity contribution is 0.0746. The van der Waals surface area contributed by atoms with E-state index in [1.807, 2.05) is 43.3 Å². The Balaban J connectivity index is 1.46. The Hall–Kier alpha value is -3.03. The summed E-state index contributed by atoms with van der Waals surface area (Å²) in [4.78, 5) is 17.4. The molecular weight excluding hydrogens is 494 g/mol. The van der Waals surface area contributed by atoms with E-state index in [-0.39, 0.29) is 10.8 Å². The molecule has 0 atom stereocenters. The number of nitrogens with zero attached hydrogens (tertiary/aromatic N) is 2. The first-order chi connectivity index (χ1) is 17.3. The Labute approximate surface area is 218 Å². The Bertz CT molecular complexity index is 1320. The van der Waals surface area contributed by atoms with E-state index < -0.39 is 10.0 Å². The van der Waals surface area contributed by atoms with Gasteiger partial charge in [-0.2, -0.15) is 0 Å². The molecule has 0 spiro atoms. The van der Waals surface area contributed by atoms with Gasteiger partial charge in [0.15, 0.2) is 0 Å². The highest BCUT2D eigenvalue weighted by molar-refractivity contribution is 7.92. The van der Waals surface area contributed by atoms with E-state index in [1.165, 1.54) is 11.6 Å². The molecule has 3 aromatic rings. The molecule has 6 nitrogen and oxygen atoms in total. The highest BCUT2D eigenvalue weighted by Crippen LogP contribution is 2.27. The monoisotopic (exact) mass is 525 g/mol. The van der Waals surface area contributed by atoms with Crippen LogP contribution in [0, 0.1) is 6.92 Å². The fourth-order valence-electron chi connectivity index (χ4n) is 4.36. The molecule has 1 N–H and O–H groups in total. The smallest absolute Gasteiger partial charge is 0.261 e. The summed E-state index contributed by atoms with van der Waals surface area (Å²) >= 11 is 6.33. The summed E-state index contributed by atoms with van der Waals surface area (Å²) in [5.41, 5.74) is 3.78. The molecule has 3 aromatic carbocycles. The molecule has 1 aliphatic heterocycles. The van der Waals surface area contributed by atoms with Crippen LogP contribution in [0.5, 0.6) is 0 Å². The van der Waals surface area contributed by atoms with Crippen molar-refractivity contribution in [2.45, 2.75) is 38.0 Å². The Morgan fingerprint density at radius 3 is 2.33 bits per heavy atom. The Morgan fingerprint density at radius 2 is 1.67 bits per heavy atom. The van der Waals surface area contributed by atoms with Gasteiger partial charge in [0.05, 0.1) is 15.6 Å². The summed E-state index contributed by atoms with van der Waals surface area (Å²) in [5.74, 6) is -0.163. The van der Waals surface area contributed by atoms with Crippen LogP contribution in [0.1, 0.15) is 41.3 Å². The van der Waals surface area contributed by atoms with Crippen molar-refractivity contribution in [2.24, 2.45) is 0 Å². The average molecular weight is 526 g/mol. The summed E-state index contributed by atoms with van der Waals surface area (Å²) in [6, 6.07) is 19.8. The number of piperazine rings is 1. The largest absolute Gasteiger partial charge is 0.367 e. The maximum absolute atomic E-state index is 13.4. The zero-order valence-corrected chi connectivity index (χ0v) is 22.3. The summed E-state index contributed by atoms with van der Waals surface area (Å²) < 4.78 is 28.8. The van der Waals surface area contributed by atoms with Gasteiger partial charge in [0.25, 0.3) is 15.9 Å². The van der Waals surface area contributed by atoms with Gasteiger partial charge in [-0.25, -0.2) is 8.42 Å². The van der Waals surface area contributed by atoms with Crippen molar-refractivity contribution in [3.63, 3.8) is 0 Å². The first kappa shape index (κ1) is 26.0. The van der Waals surface area contributed by atoms with E-state index in [9.17, 15) is 13.2 Å². The number of rotatable bonds is 8. The molecule has 0 aromatic heterocycles. The number of aryl methyl sites for hydroxylation is 2. The lowest BCUT2D eigenvalue weighted by atomic mass is 10.1. The van der Waals surface area contributed by atoms with E-state index in [4.69, 9.17) is 11.6 Å². The molecule has 4 rings (SSSR count). The van der Waals surface area contributed by atoms with Gasteiger partial charge in [0.1, 0.15) is 0 Å². The second kappa shape index (κ2) is 11.4. The van der Waals surface area contributed by atoms with Gasteiger partial charge < -0.3 is 9.80 Å². The minimum Gasteiger partial charge on any atom is -0.367 e. The molecule has 1 saturated heterocycles. The zero-order valence-electron chi connectivity index (χ0n) is 20.7. The molecule has 0 aliphatic carbocycles. The van der Waals surface area contributed by atoms with Gasteiger partial charge >= 0.3 is 0 Å². The highest BCUT2D eigenvalue weighted by atomic mass is 35.5. The number of carbonyl (C=O) groups is 1. The number of anilines is 2. The SMILES string of the molecule is CCCCc1ccc(NS(=O)(=O)c2ccc(C)c(C(=O)N3CCN(c4ccccc4Cl)CC3)c2)cc1. The summed E-state index contributed by atoms with van der Waals surface area (Å²) in [5, 5.41) is 0.689. The summed E-state index contributed by atoms with van der Waals surface area (Å²) in [6.45, 7) is 6.34. The lowest BCUT2D eigenvalue weighted by Gasteiger charge is -2.36. The second-order valence-electron chi connectivity index (χ2n) is 9.11. The van der Waals surface area contributed by atoms with Crippen LogP contribution < -0.4 is 9.62 Å². The maximum Gasteiger partial charge on any atom is 0.261 e. The number of nitrogens with one attached hydrogen (secondary N) is 1. The molecule has 190 valence electrons. The highest BCUT2D eigenvalue weighted by Gasteiger charge is 2.26. The number of benzene rings is 3. The zero-order chi connectivity index (χ0) is 25.7. The van der Waals surface area contributed by atoms with Gasteiger partial charge in [-0.05, 0) is 67.3 Å². The van der Waals surface area contributed by atoms with Crippen molar-refractivity contribution >= 4 is 38.9 Å². The van der Waals surface area contributed by atoms with Crippen LogP contribution in [-0.2, 0) is 16.4 Å².